The van der Waals surface area contributed by atoms with Gasteiger partial charge in [0.05, 0.1) is 17.7 Å². The Kier molecular flexibility index (Phi) is 3.05. The van der Waals surface area contributed by atoms with Crippen molar-refractivity contribution in [3.8, 4) is 0 Å². The molecule has 0 aliphatic carbocycles. The van der Waals surface area contributed by atoms with Gasteiger partial charge in [-0.2, -0.15) is 0 Å². The number of nitrogens with one attached hydrogen (secondary N) is 1. The van der Waals surface area contributed by atoms with Crippen molar-refractivity contribution >= 4 is 23.3 Å². The van der Waals surface area contributed by atoms with Gasteiger partial charge in [0.15, 0.2) is 0 Å². The summed E-state index contributed by atoms with van der Waals surface area (Å²) in [7, 11) is 1.34. The van der Waals surface area contributed by atoms with E-state index in [0.717, 1.165) is 0 Å². The first-order valence-corrected chi connectivity index (χ1v) is 3.77. The zero-order chi connectivity index (χ0) is 9.84. The molecule has 0 unspecified atom stereocenters. The Bertz CT molecular complexity index is 330. The number of pyridine rings is 1. The van der Waals surface area contributed by atoms with Crippen LogP contribution in [0.1, 0.15) is 10.4 Å². The van der Waals surface area contributed by atoms with E-state index in [1.54, 1.807) is 0 Å². The molecule has 0 aromatic carbocycles. The van der Waals surface area contributed by atoms with Crippen LogP contribution in [0.5, 0.6) is 0 Å². The van der Waals surface area contributed by atoms with Crippen molar-refractivity contribution in [2.45, 2.75) is 0 Å². The van der Waals surface area contributed by atoms with Crippen molar-refractivity contribution < 1.29 is 9.63 Å². The molecule has 0 aliphatic rings. The van der Waals surface area contributed by atoms with Crippen LogP contribution in [0.4, 0.5) is 5.82 Å². The molecule has 6 heteroatoms. The lowest BCUT2D eigenvalue weighted by molar-refractivity contribution is 0.0537. The largest absolute Gasteiger partial charge is 0.382 e. The second kappa shape index (κ2) is 4.06. The number of carbonyl (C=O) groups excluding carboxylic acids is 1. The van der Waals surface area contributed by atoms with Gasteiger partial charge in [0.1, 0.15) is 5.82 Å². The highest BCUT2D eigenvalue weighted by Crippen LogP contribution is 2.16. The second-order valence-electron chi connectivity index (χ2n) is 2.23. The van der Waals surface area contributed by atoms with Gasteiger partial charge >= 0.3 is 0 Å². The van der Waals surface area contributed by atoms with E-state index in [-0.39, 0.29) is 10.8 Å². The Hall–Kier alpha value is -1.33. The third-order valence-electron chi connectivity index (χ3n) is 1.33. The van der Waals surface area contributed by atoms with Gasteiger partial charge in [0.2, 0.25) is 0 Å². The zero-order valence-electron chi connectivity index (χ0n) is 6.87. The van der Waals surface area contributed by atoms with Gasteiger partial charge in [0.25, 0.3) is 5.91 Å². The fourth-order valence-corrected chi connectivity index (χ4v) is 0.891. The standard InChI is InChI=1S/C7H8ClN3O2/c1-13-11-7(12)4-2-5(8)6(9)10-3-4/h2-3H,1H3,(H2,9,10)(H,11,12). The van der Waals surface area contributed by atoms with Crippen LogP contribution < -0.4 is 11.2 Å². The number of anilines is 1. The summed E-state index contributed by atoms with van der Waals surface area (Å²) < 4.78 is 0. The summed E-state index contributed by atoms with van der Waals surface area (Å²) >= 11 is 5.65. The van der Waals surface area contributed by atoms with Gasteiger partial charge < -0.3 is 5.73 Å². The summed E-state index contributed by atoms with van der Waals surface area (Å²) in [5.41, 5.74) is 7.78. The first-order chi connectivity index (χ1) is 6.15. The predicted octanol–water partition coefficient (Wildman–Crippen LogP) is 0.608. The number of aromatic nitrogens is 1. The molecule has 3 N–H and O–H groups in total. The Morgan fingerprint density at radius 2 is 2.46 bits per heavy atom. The molecule has 0 spiro atoms. The summed E-state index contributed by atoms with van der Waals surface area (Å²) in [6, 6.07) is 1.41. The van der Waals surface area contributed by atoms with E-state index in [1.165, 1.54) is 19.4 Å². The molecule has 0 saturated carbocycles. The molecule has 1 aromatic heterocycles. The third-order valence-corrected chi connectivity index (χ3v) is 1.63. The molecule has 0 saturated heterocycles. The fourth-order valence-electron chi connectivity index (χ4n) is 0.724. The second-order valence-corrected chi connectivity index (χ2v) is 2.63. The highest BCUT2D eigenvalue weighted by atomic mass is 35.5. The molecular weight excluding hydrogens is 194 g/mol. The van der Waals surface area contributed by atoms with E-state index < -0.39 is 5.91 Å². The van der Waals surface area contributed by atoms with Crippen molar-refractivity contribution in [2.24, 2.45) is 0 Å². The molecule has 5 nitrogen and oxygen atoms in total. The maximum Gasteiger partial charge on any atom is 0.276 e. The maximum atomic E-state index is 11.1. The number of hydroxylamine groups is 1. The van der Waals surface area contributed by atoms with Crippen molar-refractivity contribution in [1.29, 1.82) is 0 Å². The van der Waals surface area contributed by atoms with Crippen LogP contribution in [0.2, 0.25) is 5.02 Å². The van der Waals surface area contributed by atoms with Gasteiger partial charge in [-0.15, -0.1) is 0 Å². The first-order valence-electron chi connectivity index (χ1n) is 3.39. The Morgan fingerprint density at radius 3 is 3.00 bits per heavy atom. The van der Waals surface area contributed by atoms with E-state index in [2.05, 4.69) is 15.3 Å². The average molecular weight is 202 g/mol. The number of amides is 1. The van der Waals surface area contributed by atoms with Crippen LogP contribution in [0.15, 0.2) is 12.3 Å². The average Bonchev–Trinajstić information content (AvgIpc) is 2.10. The summed E-state index contributed by atoms with van der Waals surface area (Å²) in [5, 5.41) is 0.240. The third kappa shape index (κ3) is 2.30. The van der Waals surface area contributed by atoms with E-state index >= 15 is 0 Å². The molecule has 0 atom stereocenters. The van der Waals surface area contributed by atoms with E-state index in [9.17, 15) is 4.79 Å². The lowest BCUT2D eigenvalue weighted by atomic mass is 10.3. The van der Waals surface area contributed by atoms with Crippen LogP contribution in [0, 0.1) is 0 Å². The fraction of sp³-hybridized carbons (Fsp3) is 0.143. The summed E-state index contributed by atoms with van der Waals surface area (Å²) in [5.74, 6) is -0.229. The minimum absolute atomic E-state index is 0.190. The van der Waals surface area contributed by atoms with Crippen molar-refractivity contribution in [3.05, 3.63) is 22.8 Å². The van der Waals surface area contributed by atoms with Gasteiger partial charge in [-0.25, -0.2) is 10.5 Å². The molecule has 0 radical (unpaired) electrons. The minimum atomic E-state index is -0.420. The smallest absolute Gasteiger partial charge is 0.276 e. The van der Waals surface area contributed by atoms with Crippen LogP contribution in [-0.2, 0) is 4.84 Å². The topological polar surface area (TPSA) is 77.2 Å². The molecule has 0 aliphatic heterocycles. The number of hydrogen-bond donors (Lipinski definition) is 2. The SMILES string of the molecule is CONC(=O)c1cnc(N)c(Cl)c1. The van der Waals surface area contributed by atoms with E-state index in [0.29, 0.717) is 5.56 Å². The molecule has 70 valence electrons. The van der Waals surface area contributed by atoms with Crippen LogP contribution >= 0.6 is 11.6 Å². The molecule has 0 bridgehead atoms. The lowest BCUT2D eigenvalue weighted by Crippen LogP contribution is -2.22. The summed E-state index contributed by atoms with van der Waals surface area (Å²) in [4.78, 5) is 19.3. The number of halogens is 1. The van der Waals surface area contributed by atoms with E-state index in [4.69, 9.17) is 17.3 Å². The molecule has 13 heavy (non-hydrogen) atoms. The lowest BCUT2D eigenvalue weighted by Gasteiger charge is -2.02. The minimum Gasteiger partial charge on any atom is -0.382 e. The number of nitrogen functional groups attached to an aromatic ring is 1. The number of carbonyl (C=O) groups is 1. The predicted molar refractivity (Wildman–Crippen MR) is 48.1 cm³/mol. The first kappa shape index (κ1) is 9.76. The summed E-state index contributed by atoms with van der Waals surface area (Å²) in [6.07, 6.45) is 1.32. The Balaban J connectivity index is 2.90. The highest BCUT2D eigenvalue weighted by molar-refractivity contribution is 6.33. The highest BCUT2D eigenvalue weighted by Gasteiger charge is 2.07. The number of hydrogen-bond acceptors (Lipinski definition) is 4. The Labute approximate surface area is 79.8 Å². The van der Waals surface area contributed by atoms with Gasteiger partial charge in [-0.3, -0.25) is 9.63 Å². The molecule has 1 aromatic rings. The normalized spacial score (nSPS) is 9.69. The van der Waals surface area contributed by atoms with Gasteiger partial charge in [0, 0.05) is 6.20 Å². The molecule has 1 heterocycles. The monoisotopic (exact) mass is 201 g/mol. The van der Waals surface area contributed by atoms with Gasteiger partial charge in [-0.1, -0.05) is 11.6 Å². The van der Waals surface area contributed by atoms with Crippen molar-refractivity contribution in [1.82, 2.24) is 10.5 Å². The van der Waals surface area contributed by atoms with Crippen molar-refractivity contribution in [2.75, 3.05) is 12.8 Å². The van der Waals surface area contributed by atoms with Crippen LogP contribution in [0.25, 0.3) is 0 Å². The molecule has 1 rings (SSSR count). The summed E-state index contributed by atoms with van der Waals surface area (Å²) in [6.45, 7) is 0. The van der Waals surface area contributed by atoms with Crippen LogP contribution in [-0.4, -0.2) is 18.0 Å². The van der Waals surface area contributed by atoms with Gasteiger partial charge in [-0.05, 0) is 6.07 Å². The maximum absolute atomic E-state index is 11.1. The number of nitrogens with two attached hydrogens (primary N) is 1. The van der Waals surface area contributed by atoms with Crippen molar-refractivity contribution in [3.63, 3.8) is 0 Å². The van der Waals surface area contributed by atoms with E-state index in [1.807, 2.05) is 0 Å². The van der Waals surface area contributed by atoms with Crippen LogP contribution in [0.3, 0.4) is 0 Å². The number of nitrogens with zero attached hydrogens (tertiary/aromatic N) is 1. The Morgan fingerprint density at radius 1 is 1.77 bits per heavy atom. The number of rotatable bonds is 2. The molecular formula is C7H8ClN3O2. The molecule has 0 fully saturated rings. The zero-order valence-corrected chi connectivity index (χ0v) is 7.63. The molecule has 1 amide bonds. The quantitative estimate of drug-likeness (QED) is 0.688.